The minimum atomic E-state index is -0.464. The fraction of sp³-hybridized carbons (Fsp3) is 0.467. The Bertz CT molecular complexity index is 528. The van der Waals surface area contributed by atoms with Gasteiger partial charge < -0.3 is 15.4 Å². The van der Waals surface area contributed by atoms with E-state index in [9.17, 15) is 9.59 Å². The van der Waals surface area contributed by atoms with Crippen LogP contribution in [0.1, 0.15) is 37.4 Å². The zero-order chi connectivity index (χ0) is 14.7. The van der Waals surface area contributed by atoms with Crippen LogP contribution in [0.3, 0.4) is 0 Å². The molecule has 1 aromatic carbocycles. The van der Waals surface area contributed by atoms with Gasteiger partial charge in [0.15, 0.2) is 0 Å². The molecular formula is C15H20N2O3. The summed E-state index contributed by atoms with van der Waals surface area (Å²) in [6, 6.07) is 5.76. The normalized spacial score (nSPS) is 16.9. The number of carbonyl (C=O) groups is 2. The van der Waals surface area contributed by atoms with Gasteiger partial charge in [-0.05, 0) is 37.5 Å². The van der Waals surface area contributed by atoms with Gasteiger partial charge in [-0.1, -0.05) is 12.1 Å². The third kappa shape index (κ3) is 3.17. The molecule has 2 atom stereocenters. The molecule has 0 bridgehead atoms. The van der Waals surface area contributed by atoms with E-state index < -0.39 is 6.10 Å². The summed E-state index contributed by atoms with van der Waals surface area (Å²) in [5.41, 5.74) is 3.01. The average molecular weight is 276 g/mol. The Kier molecular flexibility index (Phi) is 4.39. The predicted molar refractivity (Wildman–Crippen MR) is 76.4 cm³/mol. The van der Waals surface area contributed by atoms with Crippen molar-refractivity contribution in [3.05, 3.63) is 29.3 Å². The van der Waals surface area contributed by atoms with Crippen LogP contribution in [-0.4, -0.2) is 25.0 Å². The van der Waals surface area contributed by atoms with Gasteiger partial charge in [-0.2, -0.15) is 0 Å². The Hall–Kier alpha value is -1.88. The summed E-state index contributed by atoms with van der Waals surface area (Å²) in [5.74, 6) is -0.0773. The minimum absolute atomic E-state index is 0.0560. The zero-order valence-electron chi connectivity index (χ0n) is 12.0. The molecule has 1 heterocycles. The molecule has 1 aliphatic rings. The number of hydrogen-bond acceptors (Lipinski definition) is 3. The Morgan fingerprint density at radius 3 is 2.80 bits per heavy atom. The van der Waals surface area contributed by atoms with E-state index in [1.54, 1.807) is 6.92 Å². The van der Waals surface area contributed by atoms with Crippen molar-refractivity contribution in [2.45, 2.75) is 38.8 Å². The molecule has 0 saturated heterocycles. The van der Waals surface area contributed by atoms with Crippen molar-refractivity contribution in [1.82, 2.24) is 5.32 Å². The summed E-state index contributed by atoms with van der Waals surface area (Å²) < 4.78 is 4.99. The van der Waals surface area contributed by atoms with E-state index in [2.05, 4.69) is 10.6 Å². The number of anilines is 1. The first-order chi connectivity index (χ1) is 9.51. The lowest BCUT2D eigenvalue weighted by Gasteiger charge is -2.21. The number of benzene rings is 1. The Labute approximate surface area is 118 Å². The van der Waals surface area contributed by atoms with Crippen LogP contribution in [0.5, 0.6) is 0 Å². The van der Waals surface area contributed by atoms with Gasteiger partial charge in [-0.25, -0.2) is 0 Å². The minimum Gasteiger partial charge on any atom is -0.372 e. The monoisotopic (exact) mass is 276 g/mol. The van der Waals surface area contributed by atoms with E-state index in [4.69, 9.17) is 4.74 Å². The van der Waals surface area contributed by atoms with Crippen LogP contribution in [0.4, 0.5) is 5.69 Å². The maximum atomic E-state index is 11.8. The number of aryl methyl sites for hydroxylation is 1. The molecule has 20 heavy (non-hydrogen) atoms. The van der Waals surface area contributed by atoms with E-state index in [1.807, 2.05) is 25.1 Å². The molecule has 1 aromatic rings. The van der Waals surface area contributed by atoms with Gasteiger partial charge in [0.25, 0.3) is 0 Å². The third-order valence-corrected chi connectivity index (χ3v) is 3.61. The molecule has 2 rings (SSSR count). The molecule has 0 radical (unpaired) electrons. The third-order valence-electron chi connectivity index (χ3n) is 3.61. The first-order valence-electron chi connectivity index (χ1n) is 6.77. The largest absolute Gasteiger partial charge is 0.372 e. The molecule has 2 N–H and O–H groups in total. The van der Waals surface area contributed by atoms with Crippen LogP contribution >= 0.6 is 0 Å². The van der Waals surface area contributed by atoms with Crippen molar-refractivity contribution in [2.24, 2.45) is 0 Å². The quantitative estimate of drug-likeness (QED) is 0.881. The second-order valence-corrected chi connectivity index (χ2v) is 5.07. The van der Waals surface area contributed by atoms with E-state index in [-0.39, 0.29) is 17.9 Å². The number of methoxy groups -OCH3 is 1. The summed E-state index contributed by atoms with van der Waals surface area (Å²) in [4.78, 5) is 23.1. The van der Waals surface area contributed by atoms with Gasteiger partial charge in [-0.15, -0.1) is 0 Å². The summed E-state index contributed by atoms with van der Waals surface area (Å²) >= 11 is 0. The first kappa shape index (κ1) is 14.5. The molecular weight excluding hydrogens is 256 g/mol. The Balaban J connectivity index is 2.09. The number of hydrogen-bond donors (Lipinski definition) is 2. The van der Waals surface area contributed by atoms with Crippen molar-refractivity contribution >= 4 is 17.5 Å². The van der Waals surface area contributed by atoms with Gasteiger partial charge in [0.05, 0.1) is 6.04 Å². The Morgan fingerprint density at radius 2 is 2.10 bits per heavy atom. The van der Waals surface area contributed by atoms with Crippen molar-refractivity contribution in [1.29, 1.82) is 0 Å². The maximum Gasteiger partial charge on any atom is 0.249 e. The van der Waals surface area contributed by atoms with Gasteiger partial charge in [0.2, 0.25) is 11.8 Å². The Morgan fingerprint density at radius 1 is 1.35 bits per heavy atom. The van der Waals surface area contributed by atoms with E-state index >= 15 is 0 Å². The lowest BCUT2D eigenvalue weighted by Crippen LogP contribution is -2.35. The smallest absolute Gasteiger partial charge is 0.249 e. The van der Waals surface area contributed by atoms with Gasteiger partial charge in [0.1, 0.15) is 6.10 Å². The van der Waals surface area contributed by atoms with Gasteiger partial charge in [-0.3, -0.25) is 9.59 Å². The van der Waals surface area contributed by atoms with Crippen LogP contribution < -0.4 is 10.6 Å². The van der Waals surface area contributed by atoms with E-state index in [0.29, 0.717) is 6.42 Å². The van der Waals surface area contributed by atoms with Crippen LogP contribution in [0.2, 0.25) is 0 Å². The molecule has 108 valence electrons. The zero-order valence-corrected chi connectivity index (χ0v) is 12.0. The standard InChI is InChI=1S/C15H20N2O3/c1-9(16-15(19)10(2)20-3)11-4-6-13-12(8-11)5-7-14(18)17-13/h4,6,8-10H,5,7H2,1-3H3,(H,16,19)(H,17,18)/t9-,10+/m1/s1. The molecule has 2 amide bonds. The number of amides is 2. The fourth-order valence-electron chi connectivity index (χ4n) is 2.19. The number of rotatable bonds is 4. The predicted octanol–water partition coefficient (Wildman–Crippen LogP) is 1.78. The van der Waals surface area contributed by atoms with Crippen LogP contribution in [0.15, 0.2) is 18.2 Å². The fourth-order valence-corrected chi connectivity index (χ4v) is 2.19. The van der Waals surface area contributed by atoms with Crippen LogP contribution in [-0.2, 0) is 20.7 Å². The SMILES string of the molecule is CO[C@@H](C)C(=O)N[C@H](C)c1ccc2c(c1)CCC(=O)N2. The average Bonchev–Trinajstić information content (AvgIpc) is 2.45. The van der Waals surface area contributed by atoms with Gasteiger partial charge in [0, 0.05) is 19.2 Å². The molecule has 0 aromatic heterocycles. The van der Waals surface area contributed by atoms with Crippen molar-refractivity contribution in [3.8, 4) is 0 Å². The molecule has 0 fully saturated rings. The second kappa shape index (κ2) is 6.05. The lowest BCUT2D eigenvalue weighted by molar-refractivity contribution is -0.130. The highest BCUT2D eigenvalue weighted by atomic mass is 16.5. The molecule has 1 aliphatic heterocycles. The number of ether oxygens (including phenoxy) is 1. The van der Waals surface area contributed by atoms with Gasteiger partial charge >= 0.3 is 0 Å². The summed E-state index contributed by atoms with van der Waals surface area (Å²) in [5, 5.41) is 5.76. The van der Waals surface area contributed by atoms with Crippen molar-refractivity contribution < 1.29 is 14.3 Å². The summed E-state index contributed by atoms with van der Waals surface area (Å²) in [6.45, 7) is 3.65. The highest BCUT2D eigenvalue weighted by molar-refractivity contribution is 5.93. The maximum absolute atomic E-state index is 11.8. The van der Waals surface area contributed by atoms with Crippen molar-refractivity contribution in [3.63, 3.8) is 0 Å². The summed E-state index contributed by atoms with van der Waals surface area (Å²) in [6.07, 6.45) is 0.788. The highest BCUT2D eigenvalue weighted by Gasteiger charge is 2.18. The van der Waals surface area contributed by atoms with E-state index in [1.165, 1.54) is 7.11 Å². The molecule has 0 spiro atoms. The molecule has 0 saturated carbocycles. The number of nitrogens with one attached hydrogen (secondary N) is 2. The molecule has 5 heteroatoms. The number of carbonyl (C=O) groups excluding carboxylic acids is 2. The first-order valence-corrected chi connectivity index (χ1v) is 6.77. The highest BCUT2D eigenvalue weighted by Crippen LogP contribution is 2.26. The topological polar surface area (TPSA) is 67.4 Å². The molecule has 5 nitrogen and oxygen atoms in total. The second-order valence-electron chi connectivity index (χ2n) is 5.07. The van der Waals surface area contributed by atoms with E-state index in [0.717, 1.165) is 23.2 Å². The number of fused-ring (bicyclic) bond motifs is 1. The molecule has 0 unspecified atom stereocenters. The molecule has 0 aliphatic carbocycles. The summed E-state index contributed by atoms with van der Waals surface area (Å²) in [7, 11) is 1.51. The van der Waals surface area contributed by atoms with Crippen LogP contribution in [0, 0.1) is 0 Å². The van der Waals surface area contributed by atoms with Crippen molar-refractivity contribution in [2.75, 3.05) is 12.4 Å². The lowest BCUT2D eigenvalue weighted by atomic mass is 9.97. The van der Waals surface area contributed by atoms with Crippen LogP contribution in [0.25, 0.3) is 0 Å².